The molecule has 9 nitrogen and oxygen atoms in total. The van der Waals surface area contributed by atoms with Crippen molar-refractivity contribution in [3.05, 3.63) is 105 Å². The smallest absolute Gasteiger partial charge is 0.269 e. The molecule has 0 fully saturated rings. The molecule has 3 N–H and O–H groups in total. The second-order valence-corrected chi connectivity index (χ2v) is 6.69. The van der Waals surface area contributed by atoms with Crippen molar-refractivity contribution in [2.45, 2.75) is 0 Å². The third-order valence-electron chi connectivity index (χ3n) is 4.14. The lowest BCUT2D eigenvalue weighted by Crippen LogP contribution is -2.41. The van der Waals surface area contributed by atoms with Gasteiger partial charge in [0.05, 0.1) is 4.92 Å². The van der Waals surface area contributed by atoms with E-state index in [1.807, 2.05) is 0 Å². The van der Waals surface area contributed by atoms with Crippen molar-refractivity contribution in [1.29, 1.82) is 0 Å². The summed E-state index contributed by atoms with van der Waals surface area (Å²) in [5.74, 6) is -1.50. The minimum atomic E-state index is -0.552. The number of carbonyl (C=O) groups is 3. The van der Waals surface area contributed by atoms with E-state index in [4.69, 9.17) is 11.6 Å². The van der Waals surface area contributed by atoms with Crippen LogP contribution in [0.5, 0.6) is 0 Å². The topological polar surface area (TPSA) is 130 Å². The highest BCUT2D eigenvalue weighted by Crippen LogP contribution is 2.15. The average molecular weight is 439 g/mol. The quantitative estimate of drug-likeness (QED) is 0.414. The number of hydrogen-bond donors (Lipinski definition) is 3. The Balaban J connectivity index is 1.55. The Morgan fingerprint density at radius 1 is 0.677 bits per heavy atom. The summed E-state index contributed by atoms with van der Waals surface area (Å²) < 4.78 is 0. The van der Waals surface area contributed by atoms with E-state index in [9.17, 15) is 24.5 Å². The third-order valence-corrected chi connectivity index (χ3v) is 4.39. The minimum Gasteiger partial charge on any atom is -0.322 e. The molecule has 0 aliphatic heterocycles. The van der Waals surface area contributed by atoms with Crippen LogP contribution in [0.2, 0.25) is 5.02 Å². The Hall–Kier alpha value is -4.24. The van der Waals surface area contributed by atoms with Gasteiger partial charge >= 0.3 is 0 Å². The van der Waals surface area contributed by atoms with Gasteiger partial charge in [-0.25, -0.2) is 0 Å². The first-order valence-electron chi connectivity index (χ1n) is 8.85. The van der Waals surface area contributed by atoms with Gasteiger partial charge < -0.3 is 5.32 Å². The molecule has 10 heteroatoms. The lowest BCUT2D eigenvalue weighted by atomic mass is 10.1. The van der Waals surface area contributed by atoms with Crippen LogP contribution >= 0.6 is 11.6 Å². The number of rotatable bonds is 5. The maximum Gasteiger partial charge on any atom is 0.269 e. The van der Waals surface area contributed by atoms with E-state index in [1.54, 1.807) is 12.1 Å². The van der Waals surface area contributed by atoms with Crippen LogP contribution in [-0.2, 0) is 0 Å². The molecule has 3 amide bonds. The highest BCUT2D eigenvalue weighted by molar-refractivity contribution is 6.30. The van der Waals surface area contributed by atoms with Gasteiger partial charge in [0.2, 0.25) is 0 Å². The standard InChI is InChI=1S/C21H15ClN4O5/c22-16-7-1-14(2-8-16)20(28)24-25-21(29)15-3-9-17(10-4-15)23-19(27)13-5-11-18(12-6-13)26(30)31/h1-12H,(H,23,27)(H,24,28)(H,25,29). The van der Waals surface area contributed by atoms with Crippen LogP contribution in [0.4, 0.5) is 11.4 Å². The van der Waals surface area contributed by atoms with E-state index in [0.29, 0.717) is 16.3 Å². The fourth-order valence-corrected chi connectivity index (χ4v) is 2.63. The van der Waals surface area contributed by atoms with Crippen molar-refractivity contribution in [3.8, 4) is 0 Å². The fourth-order valence-electron chi connectivity index (χ4n) is 2.50. The molecule has 3 aromatic carbocycles. The van der Waals surface area contributed by atoms with E-state index in [1.165, 1.54) is 60.7 Å². The highest BCUT2D eigenvalue weighted by Gasteiger charge is 2.12. The zero-order chi connectivity index (χ0) is 22.4. The predicted octanol–water partition coefficient (Wildman–Crippen LogP) is 3.58. The zero-order valence-electron chi connectivity index (χ0n) is 15.8. The number of halogens is 1. The molecule has 31 heavy (non-hydrogen) atoms. The van der Waals surface area contributed by atoms with E-state index >= 15 is 0 Å². The summed E-state index contributed by atoms with van der Waals surface area (Å²) in [6, 6.07) is 17.3. The largest absolute Gasteiger partial charge is 0.322 e. The third kappa shape index (κ3) is 5.64. The molecule has 0 heterocycles. The molecule has 0 aliphatic carbocycles. The van der Waals surface area contributed by atoms with Gasteiger partial charge in [0.15, 0.2) is 0 Å². The molecule has 0 saturated carbocycles. The van der Waals surface area contributed by atoms with E-state index < -0.39 is 22.6 Å². The number of nitro groups is 1. The van der Waals surface area contributed by atoms with Gasteiger partial charge in [-0.1, -0.05) is 11.6 Å². The van der Waals surface area contributed by atoms with Crippen molar-refractivity contribution in [3.63, 3.8) is 0 Å². The van der Waals surface area contributed by atoms with E-state index in [-0.39, 0.29) is 16.8 Å². The van der Waals surface area contributed by atoms with Crippen molar-refractivity contribution < 1.29 is 19.3 Å². The fraction of sp³-hybridized carbons (Fsp3) is 0. The van der Waals surface area contributed by atoms with Gasteiger partial charge in [0.1, 0.15) is 0 Å². The molecule has 0 radical (unpaired) electrons. The number of hydrazine groups is 1. The summed E-state index contributed by atoms with van der Waals surface area (Å²) in [5, 5.41) is 13.8. The number of hydrogen-bond acceptors (Lipinski definition) is 5. The van der Waals surface area contributed by atoms with E-state index in [0.717, 1.165) is 0 Å². The number of amides is 3. The summed E-state index contributed by atoms with van der Waals surface area (Å²) in [6.07, 6.45) is 0. The lowest BCUT2D eigenvalue weighted by Gasteiger charge is -2.09. The maximum absolute atomic E-state index is 12.2. The Morgan fingerprint density at radius 2 is 1.10 bits per heavy atom. The zero-order valence-corrected chi connectivity index (χ0v) is 16.6. The number of nitrogens with one attached hydrogen (secondary N) is 3. The molecular formula is C21H15ClN4O5. The first kappa shape index (κ1) is 21.5. The Labute approximate surface area is 181 Å². The molecular weight excluding hydrogens is 424 g/mol. The number of benzene rings is 3. The van der Waals surface area contributed by atoms with Crippen LogP contribution in [0.25, 0.3) is 0 Å². The summed E-state index contributed by atoms with van der Waals surface area (Å²) in [4.78, 5) is 46.5. The van der Waals surface area contributed by atoms with Gasteiger partial charge in [-0.05, 0) is 60.7 Å². The van der Waals surface area contributed by atoms with Crippen molar-refractivity contribution in [2.75, 3.05) is 5.32 Å². The molecule has 0 unspecified atom stereocenters. The molecule has 0 spiro atoms. The Bertz CT molecular complexity index is 1130. The number of nitrogens with zero attached hydrogens (tertiary/aromatic N) is 1. The Morgan fingerprint density at radius 3 is 1.58 bits per heavy atom. The molecule has 3 aromatic rings. The lowest BCUT2D eigenvalue weighted by molar-refractivity contribution is -0.384. The first-order chi connectivity index (χ1) is 14.8. The van der Waals surface area contributed by atoms with Gasteiger partial charge in [0, 0.05) is 39.5 Å². The number of nitro benzene ring substituents is 1. The second kappa shape index (κ2) is 9.51. The number of carbonyl (C=O) groups excluding carboxylic acids is 3. The summed E-state index contributed by atoms with van der Waals surface area (Å²) >= 11 is 5.77. The predicted molar refractivity (Wildman–Crippen MR) is 114 cm³/mol. The molecule has 0 bridgehead atoms. The minimum absolute atomic E-state index is 0.116. The maximum atomic E-state index is 12.2. The normalized spacial score (nSPS) is 10.1. The van der Waals surface area contributed by atoms with Crippen LogP contribution in [-0.4, -0.2) is 22.6 Å². The molecule has 0 aliphatic rings. The van der Waals surface area contributed by atoms with Crippen LogP contribution in [0.1, 0.15) is 31.1 Å². The first-order valence-corrected chi connectivity index (χ1v) is 9.23. The molecule has 0 saturated heterocycles. The molecule has 0 aromatic heterocycles. The van der Waals surface area contributed by atoms with E-state index in [2.05, 4.69) is 16.2 Å². The van der Waals surface area contributed by atoms with Crippen LogP contribution in [0, 0.1) is 10.1 Å². The van der Waals surface area contributed by atoms with Crippen molar-refractivity contribution in [2.24, 2.45) is 0 Å². The summed E-state index contributed by atoms with van der Waals surface area (Å²) in [5.41, 5.74) is 5.73. The monoisotopic (exact) mass is 438 g/mol. The molecule has 0 atom stereocenters. The SMILES string of the molecule is O=C(NNC(=O)c1ccc(NC(=O)c2ccc([N+](=O)[O-])cc2)cc1)c1ccc(Cl)cc1. The highest BCUT2D eigenvalue weighted by atomic mass is 35.5. The van der Waals surface area contributed by atoms with Crippen LogP contribution in [0.3, 0.4) is 0 Å². The average Bonchev–Trinajstić information content (AvgIpc) is 2.78. The van der Waals surface area contributed by atoms with Gasteiger partial charge in [0.25, 0.3) is 23.4 Å². The van der Waals surface area contributed by atoms with Gasteiger partial charge in [-0.3, -0.25) is 35.3 Å². The van der Waals surface area contributed by atoms with Crippen molar-refractivity contribution >= 4 is 40.7 Å². The molecule has 3 rings (SSSR count). The summed E-state index contributed by atoms with van der Waals surface area (Å²) in [7, 11) is 0. The van der Waals surface area contributed by atoms with Crippen LogP contribution < -0.4 is 16.2 Å². The van der Waals surface area contributed by atoms with Gasteiger partial charge in [-0.15, -0.1) is 0 Å². The summed E-state index contributed by atoms with van der Waals surface area (Å²) in [6.45, 7) is 0. The second-order valence-electron chi connectivity index (χ2n) is 6.25. The number of anilines is 1. The molecule has 156 valence electrons. The van der Waals surface area contributed by atoms with Crippen molar-refractivity contribution in [1.82, 2.24) is 10.9 Å². The van der Waals surface area contributed by atoms with Gasteiger partial charge in [-0.2, -0.15) is 0 Å². The Kier molecular flexibility index (Phi) is 6.58. The number of non-ortho nitro benzene ring substituents is 1. The van der Waals surface area contributed by atoms with Crippen LogP contribution in [0.15, 0.2) is 72.8 Å².